The van der Waals surface area contributed by atoms with Crippen molar-refractivity contribution < 1.29 is 23.1 Å². The molecule has 1 atom stereocenters. The highest BCUT2D eigenvalue weighted by molar-refractivity contribution is 7.57. The van der Waals surface area contributed by atoms with Crippen molar-refractivity contribution in [3.8, 4) is 0 Å². The highest BCUT2D eigenvalue weighted by atomic mass is 35.5. The Morgan fingerprint density at radius 2 is 1.84 bits per heavy atom. The molecule has 0 fully saturated rings. The minimum atomic E-state index is -3.83. The van der Waals surface area contributed by atoms with Gasteiger partial charge in [-0.05, 0) is 19.9 Å². The molecular weight excluding hydrogens is 291 g/mol. The predicted molar refractivity (Wildman–Crippen MR) is 70.2 cm³/mol. The highest BCUT2D eigenvalue weighted by Crippen LogP contribution is 2.70. The molecule has 104 valence electrons. The fraction of sp³-hybridized carbons (Fsp3) is 0.417. The van der Waals surface area contributed by atoms with Crippen molar-refractivity contribution in [1.29, 1.82) is 0 Å². The first-order chi connectivity index (χ1) is 8.98. The summed E-state index contributed by atoms with van der Waals surface area (Å²) in [6, 6.07) is 6.50. The number of carbonyl (C=O) groups is 1. The lowest BCUT2D eigenvalue weighted by atomic mass is 10.1. The zero-order valence-electron chi connectivity index (χ0n) is 10.6. The molecule has 5 nitrogen and oxygen atoms in total. The SMILES string of the molecule is CCOP(=O)(OCC)C1(Cl)OC(=O)c2ccccc21. The summed E-state index contributed by atoms with van der Waals surface area (Å²) in [5, 5.41) is 0. The lowest BCUT2D eigenvalue weighted by molar-refractivity contribution is 0.0350. The Balaban J connectivity index is 2.54. The first-order valence-corrected chi connectivity index (χ1v) is 7.81. The van der Waals surface area contributed by atoms with Gasteiger partial charge in [-0.25, -0.2) is 4.79 Å². The van der Waals surface area contributed by atoms with Crippen molar-refractivity contribution in [3.63, 3.8) is 0 Å². The molecule has 19 heavy (non-hydrogen) atoms. The maximum Gasteiger partial charge on any atom is 0.394 e. The lowest BCUT2D eigenvalue weighted by Gasteiger charge is -2.29. The molecule has 0 radical (unpaired) electrons. The van der Waals surface area contributed by atoms with Crippen LogP contribution in [0.15, 0.2) is 24.3 Å². The number of fused-ring (bicyclic) bond motifs is 1. The van der Waals surface area contributed by atoms with Crippen LogP contribution in [0, 0.1) is 0 Å². The molecule has 0 saturated heterocycles. The fourth-order valence-corrected chi connectivity index (χ4v) is 4.21. The standard InChI is InChI=1S/C12H14ClO5P/c1-3-16-19(15,17-4-2)12(13)10-8-6-5-7-9(10)11(14)18-12/h5-8H,3-4H2,1-2H3. The van der Waals surface area contributed by atoms with E-state index in [1.807, 2.05) is 0 Å². The summed E-state index contributed by atoms with van der Waals surface area (Å²) < 4.78 is 28.3. The maximum atomic E-state index is 12.8. The molecule has 1 aliphatic heterocycles. The van der Waals surface area contributed by atoms with Gasteiger partial charge in [-0.3, -0.25) is 4.57 Å². The molecule has 1 aromatic carbocycles. The van der Waals surface area contributed by atoms with Crippen LogP contribution >= 0.6 is 19.2 Å². The minimum absolute atomic E-state index is 0.130. The Bertz CT molecular complexity index is 537. The third kappa shape index (κ3) is 2.21. The largest absolute Gasteiger partial charge is 0.422 e. The Morgan fingerprint density at radius 3 is 2.42 bits per heavy atom. The van der Waals surface area contributed by atoms with Gasteiger partial charge in [-0.1, -0.05) is 29.8 Å². The second kappa shape index (κ2) is 5.25. The normalized spacial score (nSPS) is 22.2. The number of cyclic esters (lactones) is 1. The van der Waals surface area contributed by atoms with Gasteiger partial charge in [0.2, 0.25) is 0 Å². The molecule has 0 saturated carbocycles. The number of halogens is 1. The van der Waals surface area contributed by atoms with Gasteiger partial charge in [0, 0.05) is 5.56 Å². The van der Waals surface area contributed by atoms with Gasteiger partial charge in [0.15, 0.2) is 0 Å². The number of hydrogen-bond donors (Lipinski definition) is 0. The molecule has 0 aromatic heterocycles. The van der Waals surface area contributed by atoms with Gasteiger partial charge in [-0.2, -0.15) is 0 Å². The monoisotopic (exact) mass is 304 g/mol. The van der Waals surface area contributed by atoms with Gasteiger partial charge < -0.3 is 13.8 Å². The van der Waals surface area contributed by atoms with Gasteiger partial charge in [-0.15, -0.1) is 0 Å². The Hall–Kier alpha value is -0.870. The van der Waals surface area contributed by atoms with Crippen molar-refractivity contribution in [1.82, 2.24) is 0 Å². The van der Waals surface area contributed by atoms with E-state index in [1.165, 1.54) is 0 Å². The summed E-state index contributed by atoms with van der Waals surface area (Å²) in [6.07, 6.45) is 0. The minimum Gasteiger partial charge on any atom is -0.422 e. The van der Waals surface area contributed by atoms with Gasteiger partial charge in [0.25, 0.3) is 0 Å². The van der Waals surface area contributed by atoms with Crippen molar-refractivity contribution in [2.75, 3.05) is 13.2 Å². The molecule has 2 rings (SSSR count). The number of rotatable bonds is 5. The number of alkyl halides is 1. The summed E-state index contributed by atoms with van der Waals surface area (Å²) >= 11 is 6.30. The molecule has 0 N–H and O–H groups in total. The molecule has 0 spiro atoms. The van der Waals surface area contributed by atoms with E-state index in [0.29, 0.717) is 5.56 Å². The van der Waals surface area contributed by atoms with Crippen molar-refractivity contribution in [2.24, 2.45) is 0 Å². The van der Waals surface area contributed by atoms with Crippen molar-refractivity contribution in [2.45, 2.75) is 18.6 Å². The Labute approximate surface area is 116 Å². The van der Waals surface area contributed by atoms with Crippen LogP contribution < -0.4 is 0 Å². The summed E-state index contributed by atoms with van der Waals surface area (Å²) in [4.78, 5) is 9.89. The van der Waals surface area contributed by atoms with Crippen LogP contribution in [-0.4, -0.2) is 19.2 Å². The topological polar surface area (TPSA) is 61.8 Å². The molecule has 1 heterocycles. The summed E-state index contributed by atoms with van der Waals surface area (Å²) in [5.41, 5.74) is 0.587. The van der Waals surface area contributed by atoms with Crippen LogP contribution in [0.2, 0.25) is 0 Å². The highest BCUT2D eigenvalue weighted by Gasteiger charge is 2.60. The van der Waals surface area contributed by atoms with Crippen LogP contribution in [0.5, 0.6) is 0 Å². The van der Waals surface area contributed by atoms with Gasteiger partial charge >= 0.3 is 18.4 Å². The first kappa shape index (κ1) is 14.5. The van der Waals surface area contributed by atoms with E-state index in [-0.39, 0.29) is 18.8 Å². The van der Waals surface area contributed by atoms with Crippen molar-refractivity contribution >= 4 is 25.2 Å². The second-order valence-electron chi connectivity index (χ2n) is 3.83. The van der Waals surface area contributed by atoms with Crippen LogP contribution in [-0.2, 0) is 23.2 Å². The molecular formula is C12H14ClO5P. The smallest absolute Gasteiger partial charge is 0.394 e. The van der Waals surface area contributed by atoms with Crippen LogP contribution in [0.4, 0.5) is 0 Å². The molecule has 0 amide bonds. The van der Waals surface area contributed by atoms with Gasteiger partial charge in [0.05, 0.1) is 18.8 Å². The zero-order valence-corrected chi connectivity index (χ0v) is 12.2. The van der Waals surface area contributed by atoms with Crippen molar-refractivity contribution in [3.05, 3.63) is 35.4 Å². The maximum absolute atomic E-state index is 12.8. The average molecular weight is 305 g/mol. The zero-order chi connectivity index (χ0) is 14.1. The van der Waals surface area contributed by atoms with E-state index in [2.05, 4.69) is 0 Å². The van der Waals surface area contributed by atoms with E-state index >= 15 is 0 Å². The Kier molecular flexibility index (Phi) is 4.02. The third-order valence-electron chi connectivity index (χ3n) is 2.66. The molecule has 1 unspecified atom stereocenters. The number of ether oxygens (including phenoxy) is 1. The van der Waals surface area contributed by atoms with E-state index in [9.17, 15) is 9.36 Å². The number of benzene rings is 1. The quantitative estimate of drug-likeness (QED) is 0.473. The molecule has 0 bridgehead atoms. The van der Waals surface area contributed by atoms with E-state index in [0.717, 1.165) is 0 Å². The summed E-state index contributed by atoms with van der Waals surface area (Å²) in [5.74, 6) is -0.634. The second-order valence-corrected chi connectivity index (χ2v) is 6.77. The first-order valence-electron chi connectivity index (χ1n) is 5.89. The van der Waals surface area contributed by atoms with E-state index in [1.54, 1.807) is 38.1 Å². The van der Waals surface area contributed by atoms with Crippen LogP contribution in [0.25, 0.3) is 0 Å². The average Bonchev–Trinajstić information content (AvgIpc) is 2.65. The molecule has 1 aliphatic rings. The molecule has 0 aliphatic carbocycles. The molecule has 7 heteroatoms. The lowest BCUT2D eigenvalue weighted by Crippen LogP contribution is -2.22. The molecule has 1 aromatic rings. The van der Waals surface area contributed by atoms with Crippen LogP contribution in [0.1, 0.15) is 29.8 Å². The fourth-order valence-electron chi connectivity index (χ4n) is 1.91. The predicted octanol–water partition coefficient (Wildman–Crippen LogP) is 3.47. The number of esters is 1. The third-order valence-corrected chi connectivity index (χ3v) is 5.79. The number of hydrogen-bond acceptors (Lipinski definition) is 5. The van der Waals surface area contributed by atoms with E-state index in [4.69, 9.17) is 25.4 Å². The summed E-state index contributed by atoms with van der Waals surface area (Å²) in [7, 11) is -3.83. The summed E-state index contributed by atoms with van der Waals surface area (Å²) in [6.45, 7) is 3.58. The Morgan fingerprint density at radius 1 is 1.26 bits per heavy atom. The van der Waals surface area contributed by atoms with E-state index < -0.39 is 18.4 Å². The van der Waals surface area contributed by atoms with Crippen LogP contribution in [0.3, 0.4) is 0 Å². The van der Waals surface area contributed by atoms with Gasteiger partial charge in [0.1, 0.15) is 0 Å². The number of carbonyl (C=O) groups excluding carboxylic acids is 1.